The molecular formula is C21H18N4O4. The van der Waals surface area contributed by atoms with E-state index in [2.05, 4.69) is 15.5 Å². The topological polar surface area (TPSA) is 116 Å². The van der Waals surface area contributed by atoms with Gasteiger partial charge in [-0.05, 0) is 54.1 Å². The largest absolute Gasteiger partial charge is 0.484 e. The first-order valence-corrected chi connectivity index (χ1v) is 8.99. The lowest BCUT2D eigenvalue weighted by molar-refractivity contribution is -0.125. The Labute approximate surface area is 166 Å². The molecule has 146 valence electrons. The summed E-state index contributed by atoms with van der Waals surface area (Å²) in [5.74, 6) is -0.300. The van der Waals surface area contributed by atoms with E-state index in [1.54, 1.807) is 30.5 Å². The van der Waals surface area contributed by atoms with Crippen LogP contribution in [0, 0.1) is 0 Å². The molecule has 0 bridgehead atoms. The van der Waals surface area contributed by atoms with Gasteiger partial charge in [-0.1, -0.05) is 11.2 Å². The number of hydrogen-bond donors (Lipinski definition) is 2. The van der Waals surface area contributed by atoms with Crippen LogP contribution in [0.2, 0.25) is 0 Å². The molecule has 0 saturated carbocycles. The quantitative estimate of drug-likeness (QED) is 0.670. The molecule has 2 heterocycles. The van der Waals surface area contributed by atoms with E-state index in [-0.39, 0.29) is 12.5 Å². The van der Waals surface area contributed by atoms with Crippen LogP contribution in [-0.4, -0.2) is 35.2 Å². The molecule has 3 aromatic rings. The Hall–Kier alpha value is -3.94. The van der Waals surface area contributed by atoms with Gasteiger partial charge < -0.3 is 20.6 Å². The number of pyridine rings is 1. The average Bonchev–Trinajstić information content (AvgIpc) is 3.23. The third-order valence-electron chi connectivity index (χ3n) is 4.43. The molecule has 0 radical (unpaired) electrons. The molecular weight excluding hydrogens is 372 g/mol. The Morgan fingerprint density at radius 1 is 1.14 bits per heavy atom. The van der Waals surface area contributed by atoms with Crippen molar-refractivity contribution in [1.82, 2.24) is 4.98 Å². The molecule has 0 aliphatic carbocycles. The number of benzene rings is 2. The molecule has 4 rings (SSSR count). The summed E-state index contributed by atoms with van der Waals surface area (Å²) in [7, 11) is 0. The van der Waals surface area contributed by atoms with Crippen LogP contribution in [0.15, 0.2) is 65.9 Å². The standard InChI is InChI=1S/C21H18N4O4/c22-20(26)12-28-14-8-6-13(7-9-14)18-11-19(29-25-18)21(27)24-17-5-1-4-16-15(17)3-2-10-23-16/h1-10,19H,11-12H2,(H2,22,26)(H,24,27)/t19-/m1/s1. The monoisotopic (exact) mass is 390 g/mol. The first-order valence-electron chi connectivity index (χ1n) is 8.99. The van der Waals surface area contributed by atoms with Crippen LogP contribution in [-0.2, 0) is 14.4 Å². The van der Waals surface area contributed by atoms with Crippen molar-refractivity contribution in [1.29, 1.82) is 0 Å². The fourth-order valence-electron chi connectivity index (χ4n) is 3.01. The van der Waals surface area contributed by atoms with Crippen molar-refractivity contribution in [2.45, 2.75) is 12.5 Å². The van der Waals surface area contributed by atoms with Gasteiger partial charge in [0.15, 0.2) is 6.61 Å². The van der Waals surface area contributed by atoms with E-state index < -0.39 is 12.0 Å². The molecule has 0 saturated heterocycles. The minimum Gasteiger partial charge on any atom is -0.484 e. The van der Waals surface area contributed by atoms with Crippen LogP contribution in [0.5, 0.6) is 5.75 Å². The van der Waals surface area contributed by atoms with Crippen molar-refractivity contribution in [2.24, 2.45) is 10.9 Å². The Morgan fingerprint density at radius 2 is 1.97 bits per heavy atom. The number of nitrogens with two attached hydrogens (primary N) is 1. The molecule has 1 aromatic heterocycles. The average molecular weight is 390 g/mol. The maximum absolute atomic E-state index is 12.6. The van der Waals surface area contributed by atoms with Gasteiger partial charge in [-0.3, -0.25) is 14.6 Å². The summed E-state index contributed by atoms with van der Waals surface area (Å²) in [6, 6.07) is 16.3. The zero-order valence-corrected chi connectivity index (χ0v) is 15.4. The van der Waals surface area contributed by atoms with Crippen molar-refractivity contribution in [3.63, 3.8) is 0 Å². The highest BCUT2D eigenvalue weighted by Crippen LogP contribution is 2.24. The number of fused-ring (bicyclic) bond motifs is 1. The van der Waals surface area contributed by atoms with Gasteiger partial charge in [-0.25, -0.2) is 0 Å². The Morgan fingerprint density at radius 3 is 2.76 bits per heavy atom. The number of hydrogen-bond acceptors (Lipinski definition) is 6. The van der Waals surface area contributed by atoms with Gasteiger partial charge in [-0.15, -0.1) is 0 Å². The number of primary amides is 1. The van der Waals surface area contributed by atoms with Gasteiger partial charge >= 0.3 is 0 Å². The highest BCUT2D eigenvalue weighted by Gasteiger charge is 2.29. The molecule has 8 heteroatoms. The van der Waals surface area contributed by atoms with Gasteiger partial charge in [-0.2, -0.15) is 0 Å². The molecule has 2 amide bonds. The number of oxime groups is 1. The van der Waals surface area contributed by atoms with E-state index in [9.17, 15) is 9.59 Å². The highest BCUT2D eigenvalue weighted by molar-refractivity contribution is 6.08. The number of rotatable bonds is 6. The van der Waals surface area contributed by atoms with Gasteiger partial charge in [0.25, 0.3) is 11.8 Å². The van der Waals surface area contributed by atoms with Crippen molar-refractivity contribution in [3.05, 3.63) is 66.4 Å². The highest BCUT2D eigenvalue weighted by atomic mass is 16.6. The van der Waals surface area contributed by atoms with E-state index in [0.29, 0.717) is 23.6 Å². The maximum atomic E-state index is 12.6. The van der Waals surface area contributed by atoms with E-state index >= 15 is 0 Å². The number of carbonyl (C=O) groups is 2. The number of carbonyl (C=O) groups excluding carboxylic acids is 2. The first kappa shape index (κ1) is 18.4. The van der Waals surface area contributed by atoms with E-state index in [1.165, 1.54) is 0 Å². The van der Waals surface area contributed by atoms with E-state index in [1.807, 2.05) is 30.3 Å². The Kier molecular flexibility index (Phi) is 5.07. The predicted molar refractivity (Wildman–Crippen MR) is 108 cm³/mol. The second kappa shape index (κ2) is 7.97. The van der Waals surface area contributed by atoms with Crippen LogP contribution in [0.1, 0.15) is 12.0 Å². The molecule has 1 aliphatic heterocycles. The number of aromatic nitrogens is 1. The molecule has 1 atom stereocenters. The van der Waals surface area contributed by atoms with Gasteiger partial charge in [0, 0.05) is 18.0 Å². The van der Waals surface area contributed by atoms with Crippen molar-refractivity contribution >= 4 is 34.1 Å². The molecule has 2 aromatic carbocycles. The normalized spacial score (nSPS) is 15.4. The summed E-state index contributed by atoms with van der Waals surface area (Å²) >= 11 is 0. The van der Waals surface area contributed by atoms with Gasteiger partial charge in [0.1, 0.15) is 5.75 Å². The lowest BCUT2D eigenvalue weighted by Crippen LogP contribution is -2.28. The Balaban J connectivity index is 1.40. The number of amides is 2. The zero-order chi connectivity index (χ0) is 20.2. The van der Waals surface area contributed by atoms with E-state index in [4.69, 9.17) is 15.3 Å². The molecule has 0 unspecified atom stereocenters. The molecule has 1 aliphatic rings. The lowest BCUT2D eigenvalue weighted by Gasteiger charge is -2.11. The molecule has 8 nitrogen and oxygen atoms in total. The predicted octanol–water partition coefficient (Wildman–Crippen LogP) is 2.23. The third kappa shape index (κ3) is 4.16. The minimum atomic E-state index is -0.720. The smallest absolute Gasteiger partial charge is 0.268 e. The first-order chi connectivity index (χ1) is 14.1. The summed E-state index contributed by atoms with van der Waals surface area (Å²) in [4.78, 5) is 33.0. The van der Waals surface area contributed by atoms with Crippen molar-refractivity contribution in [3.8, 4) is 5.75 Å². The van der Waals surface area contributed by atoms with Crippen molar-refractivity contribution < 1.29 is 19.2 Å². The second-order valence-corrected chi connectivity index (χ2v) is 6.48. The summed E-state index contributed by atoms with van der Waals surface area (Å²) in [5.41, 5.74) is 8.00. The second-order valence-electron chi connectivity index (χ2n) is 6.48. The van der Waals surface area contributed by atoms with E-state index in [0.717, 1.165) is 16.5 Å². The van der Waals surface area contributed by atoms with Crippen LogP contribution in [0.4, 0.5) is 5.69 Å². The Bertz CT molecular complexity index is 1090. The number of ether oxygens (including phenoxy) is 1. The lowest BCUT2D eigenvalue weighted by atomic mass is 10.0. The van der Waals surface area contributed by atoms with Crippen molar-refractivity contribution in [2.75, 3.05) is 11.9 Å². The minimum absolute atomic E-state index is 0.185. The fraction of sp³-hybridized carbons (Fsp3) is 0.143. The fourth-order valence-corrected chi connectivity index (χ4v) is 3.01. The summed E-state index contributed by atoms with van der Waals surface area (Å²) in [5, 5.41) is 7.79. The summed E-state index contributed by atoms with van der Waals surface area (Å²) < 4.78 is 5.23. The van der Waals surface area contributed by atoms with Crippen LogP contribution in [0.25, 0.3) is 10.9 Å². The molecule has 3 N–H and O–H groups in total. The number of anilines is 1. The third-order valence-corrected chi connectivity index (χ3v) is 4.43. The van der Waals surface area contributed by atoms with Gasteiger partial charge in [0.2, 0.25) is 6.10 Å². The summed E-state index contributed by atoms with van der Waals surface area (Å²) in [6.07, 6.45) is 1.33. The summed E-state index contributed by atoms with van der Waals surface area (Å²) in [6.45, 7) is -0.185. The SMILES string of the molecule is NC(=O)COc1ccc(C2=NO[C@@H](C(=O)Nc3cccc4ncccc34)C2)cc1. The maximum Gasteiger partial charge on any atom is 0.268 e. The zero-order valence-electron chi connectivity index (χ0n) is 15.4. The molecule has 29 heavy (non-hydrogen) atoms. The van der Waals surface area contributed by atoms with Gasteiger partial charge in [0.05, 0.1) is 16.9 Å². The van der Waals surface area contributed by atoms with Crippen LogP contribution >= 0.6 is 0 Å². The van der Waals surface area contributed by atoms with Crippen LogP contribution in [0.3, 0.4) is 0 Å². The number of nitrogens with zero attached hydrogens (tertiary/aromatic N) is 2. The van der Waals surface area contributed by atoms with Crippen LogP contribution < -0.4 is 15.8 Å². The number of nitrogens with one attached hydrogen (secondary N) is 1. The molecule has 0 fully saturated rings. The molecule has 0 spiro atoms.